The third-order valence-electron chi connectivity index (χ3n) is 5.27. The number of hydrogen-bond donors (Lipinski definition) is 3. The molecule has 0 saturated carbocycles. The lowest BCUT2D eigenvalue weighted by atomic mass is 9.93. The minimum atomic E-state index is -2.53. The number of Topliss-reactive ketones (excluding diaryl/α,β-unsaturated/α-hetero) is 1. The predicted octanol–water partition coefficient (Wildman–Crippen LogP) is 3.58. The minimum Gasteiger partial charge on any atom is -0.507 e. The average molecular weight is 463 g/mol. The summed E-state index contributed by atoms with van der Waals surface area (Å²) >= 11 is 5.87. The Labute approximate surface area is 194 Å². The zero-order valence-electron chi connectivity index (χ0n) is 17.2. The third kappa shape index (κ3) is 4.37. The number of aliphatic hydroxyl groups is 1. The number of carbonyl (C=O) groups excluding carboxylic acids is 3. The van der Waals surface area contributed by atoms with Gasteiger partial charge in [0.2, 0.25) is 11.5 Å². The van der Waals surface area contributed by atoms with E-state index in [9.17, 15) is 24.6 Å². The molecule has 0 aliphatic carbocycles. The van der Waals surface area contributed by atoms with E-state index >= 15 is 0 Å². The summed E-state index contributed by atoms with van der Waals surface area (Å²) in [6.07, 6.45) is 0.442. The van der Waals surface area contributed by atoms with Crippen molar-refractivity contribution in [1.29, 1.82) is 0 Å². The Morgan fingerprint density at radius 2 is 1.58 bits per heavy atom. The lowest BCUT2D eigenvalue weighted by Crippen LogP contribution is -2.64. The standard InChI is InChI=1S/C25H19ClN2O5/c26-18-12-10-17(11-13-18)22(30)15-25(33)23(31)14-20(16-6-2-1-3-7-16)27-28(25)24(32)19-8-4-5-9-21(19)29/h1-14,27,29,33H,15H2. The number of hydrazine groups is 1. The zero-order chi connectivity index (χ0) is 23.6. The van der Waals surface area contributed by atoms with Crippen molar-refractivity contribution in [3.05, 3.63) is 107 Å². The number of para-hydroxylation sites is 1. The van der Waals surface area contributed by atoms with E-state index in [1.807, 2.05) is 0 Å². The van der Waals surface area contributed by atoms with Gasteiger partial charge in [-0.3, -0.25) is 19.8 Å². The first-order chi connectivity index (χ1) is 15.8. The van der Waals surface area contributed by atoms with Crippen LogP contribution in [0.25, 0.3) is 5.70 Å². The maximum absolute atomic E-state index is 13.4. The molecular weight excluding hydrogens is 444 g/mol. The number of hydrogen-bond acceptors (Lipinski definition) is 6. The maximum atomic E-state index is 13.4. The van der Waals surface area contributed by atoms with E-state index in [4.69, 9.17) is 11.6 Å². The van der Waals surface area contributed by atoms with E-state index in [1.54, 1.807) is 30.3 Å². The number of rotatable bonds is 5. The van der Waals surface area contributed by atoms with Crippen LogP contribution < -0.4 is 5.43 Å². The summed E-state index contributed by atoms with van der Waals surface area (Å²) in [5.41, 5.74) is 1.15. The van der Waals surface area contributed by atoms with E-state index in [-0.39, 0.29) is 22.6 Å². The summed E-state index contributed by atoms with van der Waals surface area (Å²) in [5, 5.41) is 22.7. The van der Waals surface area contributed by atoms with Crippen LogP contribution in [0.4, 0.5) is 0 Å². The molecule has 4 rings (SSSR count). The molecule has 1 amide bonds. The second-order valence-corrected chi connectivity index (χ2v) is 7.92. The molecule has 1 atom stereocenters. The highest BCUT2D eigenvalue weighted by molar-refractivity contribution is 6.30. The van der Waals surface area contributed by atoms with Gasteiger partial charge in [0.25, 0.3) is 5.91 Å². The average Bonchev–Trinajstić information content (AvgIpc) is 2.81. The van der Waals surface area contributed by atoms with Crippen molar-refractivity contribution >= 4 is 34.8 Å². The zero-order valence-corrected chi connectivity index (χ0v) is 18.0. The molecule has 0 fully saturated rings. The quantitative estimate of drug-likeness (QED) is 0.500. The molecule has 1 aliphatic heterocycles. The number of nitrogens with one attached hydrogen (secondary N) is 1. The van der Waals surface area contributed by atoms with Crippen LogP contribution in [0.15, 0.2) is 84.9 Å². The van der Waals surface area contributed by atoms with Gasteiger partial charge in [-0.25, -0.2) is 5.01 Å². The fourth-order valence-corrected chi connectivity index (χ4v) is 3.62. The van der Waals surface area contributed by atoms with Crippen LogP contribution in [0.1, 0.15) is 32.7 Å². The Hall–Kier alpha value is -3.94. The molecule has 0 spiro atoms. The molecule has 0 radical (unpaired) electrons. The number of phenolic OH excluding ortho intramolecular Hbond substituents is 1. The number of ketones is 2. The summed E-state index contributed by atoms with van der Waals surface area (Å²) in [4.78, 5) is 39.4. The molecule has 8 heteroatoms. The number of aromatic hydroxyl groups is 1. The molecule has 3 N–H and O–H groups in total. The van der Waals surface area contributed by atoms with Crippen molar-refractivity contribution in [2.75, 3.05) is 0 Å². The van der Waals surface area contributed by atoms with Gasteiger partial charge in [0.1, 0.15) is 5.75 Å². The number of phenols is 1. The lowest BCUT2D eigenvalue weighted by Gasteiger charge is -2.41. The van der Waals surface area contributed by atoms with Gasteiger partial charge in [0.05, 0.1) is 17.7 Å². The van der Waals surface area contributed by atoms with Crippen molar-refractivity contribution in [2.24, 2.45) is 0 Å². The molecule has 7 nitrogen and oxygen atoms in total. The van der Waals surface area contributed by atoms with Gasteiger partial charge in [0, 0.05) is 16.7 Å². The van der Waals surface area contributed by atoms with Gasteiger partial charge in [-0.05, 0) is 42.0 Å². The van der Waals surface area contributed by atoms with Gasteiger partial charge in [0.15, 0.2) is 5.78 Å². The number of halogens is 1. The van der Waals surface area contributed by atoms with Crippen LogP contribution in [0.5, 0.6) is 5.75 Å². The lowest BCUT2D eigenvalue weighted by molar-refractivity contribution is -0.155. The van der Waals surface area contributed by atoms with Crippen LogP contribution in [-0.2, 0) is 4.79 Å². The largest absolute Gasteiger partial charge is 0.507 e. The first-order valence-electron chi connectivity index (χ1n) is 10.0. The second-order valence-electron chi connectivity index (χ2n) is 7.48. The first-order valence-corrected chi connectivity index (χ1v) is 10.4. The number of amides is 1. The van der Waals surface area contributed by atoms with Crippen molar-refractivity contribution in [2.45, 2.75) is 12.1 Å². The summed E-state index contributed by atoms with van der Waals surface area (Å²) in [6.45, 7) is 0. The minimum absolute atomic E-state index is 0.149. The molecule has 3 aromatic carbocycles. The summed E-state index contributed by atoms with van der Waals surface area (Å²) < 4.78 is 0. The predicted molar refractivity (Wildman–Crippen MR) is 122 cm³/mol. The highest BCUT2D eigenvalue weighted by Crippen LogP contribution is 2.31. The van der Waals surface area contributed by atoms with Crippen LogP contribution in [-0.4, -0.2) is 38.4 Å². The molecule has 3 aromatic rings. The molecule has 1 unspecified atom stereocenters. The summed E-state index contributed by atoms with van der Waals surface area (Å²) in [6, 6.07) is 20.4. The number of benzene rings is 3. The van der Waals surface area contributed by atoms with Crippen molar-refractivity contribution in [3.8, 4) is 5.75 Å². The molecule has 166 valence electrons. The monoisotopic (exact) mass is 462 g/mol. The molecule has 0 bridgehead atoms. The van der Waals surface area contributed by atoms with Gasteiger partial charge < -0.3 is 10.2 Å². The smallest absolute Gasteiger partial charge is 0.279 e. The number of nitrogens with zero attached hydrogens (tertiary/aromatic N) is 1. The Morgan fingerprint density at radius 3 is 2.24 bits per heavy atom. The summed E-state index contributed by atoms with van der Waals surface area (Å²) in [7, 11) is 0. The highest BCUT2D eigenvalue weighted by Gasteiger charge is 2.49. The molecule has 1 heterocycles. The van der Waals surface area contributed by atoms with E-state index in [0.717, 1.165) is 6.08 Å². The highest BCUT2D eigenvalue weighted by atomic mass is 35.5. The molecule has 0 aromatic heterocycles. The van der Waals surface area contributed by atoms with Gasteiger partial charge in [-0.2, -0.15) is 0 Å². The van der Waals surface area contributed by atoms with E-state index < -0.39 is 29.6 Å². The van der Waals surface area contributed by atoms with Gasteiger partial charge >= 0.3 is 0 Å². The van der Waals surface area contributed by atoms with Crippen molar-refractivity contribution in [3.63, 3.8) is 0 Å². The fraction of sp³-hybridized carbons (Fsp3) is 0.0800. The van der Waals surface area contributed by atoms with Crippen LogP contribution >= 0.6 is 11.6 Å². The van der Waals surface area contributed by atoms with Gasteiger partial charge in [-0.1, -0.05) is 54.1 Å². The molecule has 0 saturated heterocycles. The second kappa shape index (κ2) is 8.90. The van der Waals surface area contributed by atoms with Crippen LogP contribution in [0.2, 0.25) is 5.02 Å². The fourth-order valence-electron chi connectivity index (χ4n) is 3.49. The Kier molecular flexibility index (Phi) is 6.00. The molecule has 33 heavy (non-hydrogen) atoms. The Morgan fingerprint density at radius 1 is 0.939 bits per heavy atom. The maximum Gasteiger partial charge on any atom is 0.279 e. The SMILES string of the molecule is O=C(CC1(O)C(=O)C=C(c2ccccc2)NN1C(=O)c1ccccc1O)c1ccc(Cl)cc1. The van der Waals surface area contributed by atoms with E-state index in [2.05, 4.69) is 5.43 Å². The number of carbonyl (C=O) groups is 3. The normalized spacial score (nSPS) is 17.8. The molecular formula is C25H19ClN2O5. The Balaban J connectivity index is 1.76. The van der Waals surface area contributed by atoms with Crippen LogP contribution in [0.3, 0.4) is 0 Å². The van der Waals surface area contributed by atoms with Crippen molar-refractivity contribution in [1.82, 2.24) is 10.4 Å². The first kappa shape index (κ1) is 22.3. The Bertz CT molecular complexity index is 1260. The van der Waals surface area contributed by atoms with Crippen molar-refractivity contribution < 1.29 is 24.6 Å². The van der Waals surface area contributed by atoms with Gasteiger partial charge in [-0.15, -0.1) is 0 Å². The topological polar surface area (TPSA) is 107 Å². The van der Waals surface area contributed by atoms with E-state index in [0.29, 0.717) is 15.6 Å². The van der Waals surface area contributed by atoms with Crippen LogP contribution in [0, 0.1) is 0 Å². The summed E-state index contributed by atoms with van der Waals surface area (Å²) in [5.74, 6) is -2.64. The molecule has 1 aliphatic rings. The third-order valence-corrected chi connectivity index (χ3v) is 5.52. The van der Waals surface area contributed by atoms with E-state index in [1.165, 1.54) is 48.5 Å².